The van der Waals surface area contributed by atoms with E-state index >= 15 is 0 Å². The second-order valence-corrected chi connectivity index (χ2v) is 7.56. The van der Waals surface area contributed by atoms with E-state index in [4.69, 9.17) is 15.0 Å². The molecule has 1 atom stereocenters. The van der Waals surface area contributed by atoms with Crippen molar-refractivity contribution in [2.75, 3.05) is 24.3 Å². The number of benzene rings is 1. The van der Waals surface area contributed by atoms with E-state index in [0.29, 0.717) is 17.3 Å². The van der Waals surface area contributed by atoms with Gasteiger partial charge in [-0.2, -0.15) is 0 Å². The Morgan fingerprint density at radius 1 is 1.13 bits per heavy atom. The van der Waals surface area contributed by atoms with Crippen LogP contribution in [0.1, 0.15) is 24.6 Å². The van der Waals surface area contributed by atoms with Crippen LogP contribution in [0.25, 0.3) is 22.7 Å². The fourth-order valence-electron chi connectivity index (χ4n) is 4.07. The van der Waals surface area contributed by atoms with E-state index in [1.54, 1.807) is 13.3 Å². The number of hydrogen-bond donors (Lipinski definition) is 1. The summed E-state index contributed by atoms with van der Waals surface area (Å²) in [5.41, 5.74) is 9.29. The lowest BCUT2D eigenvalue weighted by Gasteiger charge is -2.23. The van der Waals surface area contributed by atoms with Gasteiger partial charge in [0.05, 0.1) is 13.2 Å². The van der Waals surface area contributed by atoms with Crippen LogP contribution in [0, 0.1) is 0 Å². The van der Waals surface area contributed by atoms with Crippen LogP contribution in [-0.4, -0.2) is 38.6 Å². The van der Waals surface area contributed by atoms with Crippen molar-refractivity contribution in [2.45, 2.75) is 18.9 Å². The first-order valence-electron chi connectivity index (χ1n) is 10.1. The van der Waals surface area contributed by atoms with Gasteiger partial charge in [-0.15, -0.1) is 10.2 Å². The monoisotopic (exact) mass is 417 g/mol. The Bertz CT molecular complexity index is 1220. The fourth-order valence-corrected chi connectivity index (χ4v) is 4.07. The molecule has 0 radical (unpaired) electrons. The summed E-state index contributed by atoms with van der Waals surface area (Å²) in [5.74, 6) is 2.79. The molecule has 158 valence electrons. The number of nitrogens with zero attached hydrogens (tertiary/aromatic N) is 6. The number of methoxy groups -OCH3 is 1. The average molecular weight is 417 g/mol. The zero-order valence-electron chi connectivity index (χ0n) is 17.4. The van der Waals surface area contributed by atoms with Gasteiger partial charge in [-0.05, 0) is 31.0 Å². The minimum absolute atomic E-state index is 0.0706. The van der Waals surface area contributed by atoms with Crippen LogP contribution in [0.5, 0.6) is 5.88 Å². The second kappa shape index (κ2) is 7.75. The Labute approximate surface area is 179 Å². The zero-order valence-corrected chi connectivity index (χ0v) is 17.4. The van der Waals surface area contributed by atoms with Crippen molar-refractivity contribution in [3.63, 3.8) is 0 Å². The molecule has 1 saturated heterocycles. The Balaban J connectivity index is 1.44. The van der Waals surface area contributed by atoms with Crippen LogP contribution >= 0.6 is 0 Å². The Morgan fingerprint density at radius 3 is 2.87 bits per heavy atom. The maximum absolute atomic E-state index is 5.91. The van der Waals surface area contributed by atoms with E-state index < -0.39 is 0 Å². The van der Waals surface area contributed by atoms with Gasteiger partial charge in [0.25, 0.3) is 0 Å². The number of aromatic nitrogens is 5. The highest BCUT2D eigenvalue weighted by Crippen LogP contribution is 2.37. The molecule has 0 amide bonds. The first-order valence-corrected chi connectivity index (χ1v) is 10.1. The summed E-state index contributed by atoms with van der Waals surface area (Å²) in [6, 6.07) is 13.4. The maximum Gasteiger partial charge on any atom is 0.227 e. The zero-order chi connectivity index (χ0) is 21.4. The number of hydrogen-bond acceptors (Lipinski definition) is 8. The molecular formula is C22H23N7O2. The summed E-state index contributed by atoms with van der Waals surface area (Å²) in [7, 11) is 3.56. The van der Waals surface area contributed by atoms with Crippen LogP contribution in [0.3, 0.4) is 0 Å². The Kier molecular flexibility index (Phi) is 4.78. The van der Waals surface area contributed by atoms with E-state index in [1.807, 2.05) is 54.1 Å². The van der Waals surface area contributed by atoms with E-state index in [0.717, 1.165) is 48.0 Å². The molecule has 0 aliphatic carbocycles. The van der Waals surface area contributed by atoms with Crippen molar-refractivity contribution >= 4 is 11.6 Å². The maximum atomic E-state index is 5.91. The minimum atomic E-state index is 0.0706. The molecule has 1 aromatic carbocycles. The van der Waals surface area contributed by atoms with Crippen molar-refractivity contribution in [1.82, 2.24) is 24.9 Å². The van der Waals surface area contributed by atoms with Crippen LogP contribution in [0.2, 0.25) is 0 Å². The van der Waals surface area contributed by atoms with Crippen LogP contribution in [0.15, 0.2) is 53.2 Å². The number of rotatable bonds is 5. The van der Waals surface area contributed by atoms with Gasteiger partial charge in [0.2, 0.25) is 11.8 Å². The SMILES string of the molecule is COc1cc(-c2nnc(N3CCCC3c3cc(-c4cccc(N)c4)on3)n2C)ccn1. The quantitative estimate of drug-likeness (QED) is 0.492. The molecule has 4 aromatic rings. The third-order valence-corrected chi connectivity index (χ3v) is 5.60. The molecular weight excluding hydrogens is 394 g/mol. The molecule has 9 heteroatoms. The molecule has 1 aliphatic rings. The Hall–Kier alpha value is -3.88. The van der Waals surface area contributed by atoms with E-state index in [9.17, 15) is 0 Å². The Morgan fingerprint density at radius 2 is 2.03 bits per heavy atom. The highest BCUT2D eigenvalue weighted by molar-refractivity contribution is 5.63. The van der Waals surface area contributed by atoms with Crippen molar-refractivity contribution < 1.29 is 9.26 Å². The number of nitrogens with two attached hydrogens (primary N) is 1. The van der Waals surface area contributed by atoms with Gasteiger partial charge in [-0.25, -0.2) is 4.98 Å². The third-order valence-electron chi connectivity index (χ3n) is 5.60. The van der Waals surface area contributed by atoms with Crippen LogP contribution in [-0.2, 0) is 7.05 Å². The molecule has 4 heterocycles. The van der Waals surface area contributed by atoms with Gasteiger partial charge in [-0.3, -0.25) is 4.57 Å². The lowest BCUT2D eigenvalue weighted by molar-refractivity contribution is 0.398. The molecule has 5 rings (SSSR count). The molecule has 0 spiro atoms. The fraction of sp³-hybridized carbons (Fsp3) is 0.273. The number of nitrogen functional groups attached to an aromatic ring is 1. The summed E-state index contributed by atoms with van der Waals surface area (Å²) in [4.78, 5) is 6.40. The molecule has 3 aromatic heterocycles. The van der Waals surface area contributed by atoms with Gasteiger partial charge in [0.1, 0.15) is 5.69 Å². The predicted octanol–water partition coefficient (Wildman–Crippen LogP) is 3.46. The molecule has 0 saturated carbocycles. The van der Waals surface area contributed by atoms with Gasteiger partial charge >= 0.3 is 0 Å². The van der Waals surface area contributed by atoms with E-state index in [1.165, 1.54) is 0 Å². The molecule has 2 N–H and O–H groups in total. The number of anilines is 2. The summed E-state index contributed by atoms with van der Waals surface area (Å²) in [5, 5.41) is 13.3. The number of ether oxygens (including phenoxy) is 1. The molecule has 1 unspecified atom stereocenters. The molecule has 9 nitrogen and oxygen atoms in total. The standard InChI is InChI=1S/C22H23N7O2/c1-28-21(15-8-9-24-20(12-15)30-2)25-26-22(28)29-10-4-7-18(29)17-13-19(31-27-17)14-5-3-6-16(23)11-14/h3,5-6,8-9,11-13,18H,4,7,10,23H2,1-2H3. The van der Waals surface area contributed by atoms with Crippen molar-refractivity contribution in [3.8, 4) is 28.6 Å². The molecule has 1 aliphatic heterocycles. The van der Waals surface area contributed by atoms with Gasteiger partial charge < -0.3 is 19.9 Å². The largest absolute Gasteiger partial charge is 0.481 e. The van der Waals surface area contributed by atoms with Gasteiger partial charge in [0, 0.05) is 48.7 Å². The summed E-state index contributed by atoms with van der Waals surface area (Å²) in [6.45, 7) is 0.872. The lowest BCUT2D eigenvalue weighted by atomic mass is 10.1. The summed E-state index contributed by atoms with van der Waals surface area (Å²) < 4.78 is 12.9. The molecule has 1 fully saturated rings. The normalized spacial score (nSPS) is 16.1. The van der Waals surface area contributed by atoms with Crippen molar-refractivity contribution in [2.24, 2.45) is 7.05 Å². The lowest BCUT2D eigenvalue weighted by Crippen LogP contribution is -2.25. The molecule has 31 heavy (non-hydrogen) atoms. The highest BCUT2D eigenvalue weighted by Gasteiger charge is 2.32. The predicted molar refractivity (Wildman–Crippen MR) is 116 cm³/mol. The number of pyridine rings is 1. The van der Waals surface area contributed by atoms with Gasteiger partial charge in [0.15, 0.2) is 11.6 Å². The molecule has 0 bridgehead atoms. The van der Waals surface area contributed by atoms with Crippen molar-refractivity contribution in [1.29, 1.82) is 0 Å². The second-order valence-electron chi connectivity index (χ2n) is 7.56. The van der Waals surface area contributed by atoms with Gasteiger partial charge in [-0.1, -0.05) is 17.3 Å². The summed E-state index contributed by atoms with van der Waals surface area (Å²) in [6.07, 6.45) is 3.71. The first-order chi connectivity index (χ1) is 15.1. The third kappa shape index (κ3) is 3.48. The van der Waals surface area contributed by atoms with E-state index in [-0.39, 0.29) is 6.04 Å². The van der Waals surface area contributed by atoms with Crippen LogP contribution in [0.4, 0.5) is 11.6 Å². The topological polar surface area (TPSA) is 108 Å². The van der Waals surface area contributed by atoms with Crippen LogP contribution < -0.4 is 15.4 Å². The minimum Gasteiger partial charge on any atom is -0.481 e. The summed E-state index contributed by atoms with van der Waals surface area (Å²) >= 11 is 0. The smallest absolute Gasteiger partial charge is 0.227 e. The average Bonchev–Trinajstić information content (AvgIpc) is 3.53. The first kappa shape index (κ1) is 19.1. The highest BCUT2D eigenvalue weighted by atomic mass is 16.5. The van der Waals surface area contributed by atoms with E-state index in [2.05, 4.69) is 25.2 Å². The van der Waals surface area contributed by atoms with Crippen molar-refractivity contribution in [3.05, 3.63) is 54.4 Å².